The smallest absolute Gasteiger partial charge is 0.254 e. The van der Waals surface area contributed by atoms with Crippen molar-refractivity contribution in [3.8, 4) is 0 Å². The van der Waals surface area contributed by atoms with Crippen molar-refractivity contribution < 1.29 is 14.3 Å². The molecular formula is C11H18ClNO3. The summed E-state index contributed by atoms with van der Waals surface area (Å²) in [6.07, 6.45) is 2.98. The summed E-state index contributed by atoms with van der Waals surface area (Å²) in [7, 11) is 0. The standard InChI is InChI=1S/C11H18ClNO3/c12-4-5-13(9-2-1-3-9)11(14)10-8-15-6-7-16-10/h9-10H,1-8H2. The summed E-state index contributed by atoms with van der Waals surface area (Å²) in [6, 6.07) is 0.372. The molecule has 1 aliphatic carbocycles. The molecule has 5 heteroatoms. The zero-order chi connectivity index (χ0) is 11.4. The van der Waals surface area contributed by atoms with Gasteiger partial charge in [0.15, 0.2) is 6.10 Å². The minimum absolute atomic E-state index is 0.0463. The monoisotopic (exact) mass is 247 g/mol. The summed E-state index contributed by atoms with van der Waals surface area (Å²) in [5.74, 6) is 0.528. The Bertz CT molecular complexity index is 239. The number of nitrogens with zero attached hydrogens (tertiary/aromatic N) is 1. The van der Waals surface area contributed by atoms with E-state index in [-0.39, 0.29) is 5.91 Å². The third-order valence-electron chi connectivity index (χ3n) is 3.22. The number of ether oxygens (including phenoxy) is 2. The Morgan fingerprint density at radius 2 is 2.19 bits per heavy atom. The van der Waals surface area contributed by atoms with E-state index in [4.69, 9.17) is 21.1 Å². The van der Waals surface area contributed by atoms with Gasteiger partial charge in [-0.15, -0.1) is 11.6 Å². The van der Waals surface area contributed by atoms with E-state index in [0.29, 0.717) is 38.3 Å². The molecule has 0 N–H and O–H groups in total. The first-order valence-corrected chi connectivity index (χ1v) is 6.42. The molecule has 0 radical (unpaired) electrons. The van der Waals surface area contributed by atoms with Crippen LogP contribution in [0.5, 0.6) is 0 Å². The zero-order valence-corrected chi connectivity index (χ0v) is 10.1. The molecule has 2 fully saturated rings. The Kier molecular flexibility index (Phi) is 4.44. The summed E-state index contributed by atoms with van der Waals surface area (Å²) in [5.41, 5.74) is 0. The average molecular weight is 248 g/mol. The topological polar surface area (TPSA) is 38.8 Å². The molecule has 2 rings (SSSR count). The summed E-state index contributed by atoms with van der Waals surface area (Å²) in [5, 5.41) is 0. The van der Waals surface area contributed by atoms with Crippen molar-refractivity contribution in [2.75, 3.05) is 32.2 Å². The van der Waals surface area contributed by atoms with Crippen molar-refractivity contribution in [2.45, 2.75) is 31.4 Å². The van der Waals surface area contributed by atoms with Gasteiger partial charge >= 0.3 is 0 Å². The quantitative estimate of drug-likeness (QED) is 0.697. The highest BCUT2D eigenvalue weighted by Crippen LogP contribution is 2.25. The lowest BCUT2D eigenvalue weighted by molar-refractivity contribution is -0.161. The van der Waals surface area contributed by atoms with Gasteiger partial charge in [-0.25, -0.2) is 0 Å². The number of carbonyl (C=O) groups is 1. The van der Waals surface area contributed by atoms with Crippen LogP contribution in [-0.2, 0) is 14.3 Å². The molecule has 0 aromatic rings. The Morgan fingerprint density at radius 1 is 1.38 bits per heavy atom. The van der Waals surface area contributed by atoms with Gasteiger partial charge in [0.1, 0.15) is 0 Å². The van der Waals surface area contributed by atoms with E-state index < -0.39 is 6.10 Å². The van der Waals surface area contributed by atoms with E-state index in [1.54, 1.807) is 0 Å². The third kappa shape index (κ3) is 2.67. The summed E-state index contributed by atoms with van der Waals surface area (Å²) in [6.45, 7) is 2.09. The van der Waals surface area contributed by atoms with Crippen LogP contribution in [0.4, 0.5) is 0 Å². The average Bonchev–Trinajstić information content (AvgIpc) is 2.26. The summed E-state index contributed by atoms with van der Waals surface area (Å²) >= 11 is 5.74. The van der Waals surface area contributed by atoms with E-state index in [1.807, 2.05) is 4.90 Å². The number of hydrogen-bond acceptors (Lipinski definition) is 3. The number of hydrogen-bond donors (Lipinski definition) is 0. The first-order chi connectivity index (χ1) is 7.83. The first kappa shape index (κ1) is 12.1. The third-order valence-corrected chi connectivity index (χ3v) is 3.38. The van der Waals surface area contributed by atoms with E-state index >= 15 is 0 Å². The molecule has 1 atom stereocenters. The molecule has 0 bridgehead atoms. The molecule has 16 heavy (non-hydrogen) atoms. The highest BCUT2D eigenvalue weighted by atomic mass is 35.5. The lowest BCUT2D eigenvalue weighted by Gasteiger charge is -2.39. The maximum Gasteiger partial charge on any atom is 0.254 e. The number of amides is 1. The van der Waals surface area contributed by atoms with E-state index in [0.717, 1.165) is 12.8 Å². The fourth-order valence-corrected chi connectivity index (χ4v) is 2.26. The second-order valence-corrected chi connectivity index (χ2v) is 4.62. The molecule has 0 aromatic heterocycles. The van der Waals surface area contributed by atoms with Gasteiger partial charge in [0.05, 0.1) is 19.8 Å². The van der Waals surface area contributed by atoms with Crippen LogP contribution in [0.15, 0.2) is 0 Å². The van der Waals surface area contributed by atoms with Crippen LogP contribution in [-0.4, -0.2) is 55.2 Å². The van der Waals surface area contributed by atoms with Gasteiger partial charge in [-0.1, -0.05) is 0 Å². The molecule has 2 aliphatic rings. The maximum atomic E-state index is 12.2. The van der Waals surface area contributed by atoms with Crippen molar-refractivity contribution in [3.63, 3.8) is 0 Å². The van der Waals surface area contributed by atoms with Gasteiger partial charge in [0.2, 0.25) is 0 Å². The Hall–Kier alpha value is -0.320. The highest BCUT2D eigenvalue weighted by molar-refractivity contribution is 6.18. The van der Waals surface area contributed by atoms with E-state index in [2.05, 4.69) is 0 Å². The molecule has 1 amide bonds. The SMILES string of the molecule is O=C(C1COCCO1)N(CCCl)C1CCC1. The van der Waals surface area contributed by atoms with Crippen molar-refractivity contribution in [3.05, 3.63) is 0 Å². The molecule has 1 saturated heterocycles. The van der Waals surface area contributed by atoms with Crippen molar-refractivity contribution in [1.29, 1.82) is 0 Å². The molecule has 1 saturated carbocycles. The van der Waals surface area contributed by atoms with Crippen LogP contribution in [0.2, 0.25) is 0 Å². The number of halogens is 1. The predicted octanol–water partition coefficient (Wildman–Crippen LogP) is 1.02. The molecule has 4 nitrogen and oxygen atoms in total. The minimum atomic E-state index is -0.419. The van der Waals surface area contributed by atoms with Gasteiger partial charge in [0, 0.05) is 18.5 Å². The van der Waals surface area contributed by atoms with Gasteiger partial charge in [-0.2, -0.15) is 0 Å². The van der Waals surface area contributed by atoms with Crippen LogP contribution in [0, 0.1) is 0 Å². The van der Waals surface area contributed by atoms with Crippen molar-refractivity contribution in [2.24, 2.45) is 0 Å². The largest absolute Gasteiger partial charge is 0.376 e. The number of alkyl halides is 1. The first-order valence-electron chi connectivity index (χ1n) is 5.88. The van der Waals surface area contributed by atoms with Crippen LogP contribution in [0.1, 0.15) is 19.3 Å². The molecule has 0 spiro atoms. The molecule has 1 aliphatic heterocycles. The van der Waals surface area contributed by atoms with Gasteiger partial charge in [-0.3, -0.25) is 4.79 Å². The molecule has 0 aromatic carbocycles. The maximum absolute atomic E-state index is 12.2. The van der Waals surface area contributed by atoms with Gasteiger partial charge in [-0.05, 0) is 19.3 Å². The summed E-state index contributed by atoms with van der Waals surface area (Å²) in [4.78, 5) is 14.1. The Balaban J connectivity index is 1.92. The van der Waals surface area contributed by atoms with Crippen molar-refractivity contribution in [1.82, 2.24) is 4.90 Å². The normalized spacial score (nSPS) is 26.2. The predicted molar refractivity (Wildman–Crippen MR) is 60.6 cm³/mol. The molecule has 1 heterocycles. The fourth-order valence-electron chi connectivity index (χ4n) is 2.08. The number of rotatable bonds is 4. The second kappa shape index (κ2) is 5.84. The zero-order valence-electron chi connectivity index (χ0n) is 9.36. The number of carbonyl (C=O) groups excluding carboxylic acids is 1. The van der Waals surface area contributed by atoms with E-state index in [1.165, 1.54) is 6.42 Å². The van der Waals surface area contributed by atoms with Crippen LogP contribution in [0.25, 0.3) is 0 Å². The summed E-state index contributed by atoms with van der Waals surface area (Å²) < 4.78 is 10.7. The van der Waals surface area contributed by atoms with E-state index in [9.17, 15) is 4.79 Å². The molecule has 1 unspecified atom stereocenters. The fraction of sp³-hybridized carbons (Fsp3) is 0.909. The van der Waals surface area contributed by atoms with Gasteiger partial charge in [0.25, 0.3) is 5.91 Å². The lowest BCUT2D eigenvalue weighted by Crippen LogP contribution is -2.52. The Labute approximate surface area is 101 Å². The Morgan fingerprint density at radius 3 is 2.69 bits per heavy atom. The highest BCUT2D eigenvalue weighted by Gasteiger charge is 2.33. The van der Waals surface area contributed by atoms with Crippen LogP contribution < -0.4 is 0 Å². The van der Waals surface area contributed by atoms with Crippen LogP contribution in [0.3, 0.4) is 0 Å². The minimum Gasteiger partial charge on any atom is -0.376 e. The van der Waals surface area contributed by atoms with Crippen LogP contribution >= 0.6 is 11.6 Å². The van der Waals surface area contributed by atoms with Crippen molar-refractivity contribution >= 4 is 17.5 Å². The van der Waals surface area contributed by atoms with Gasteiger partial charge < -0.3 is 14.4 Å². The molecule has 92 valence electrons. The molecular weight excluding hydrogens is 230 g/mol. The lowest BCUT2D eigenvalue weighted by atomic mass is 9.91. The second-order valence-electron chi connectivity index (χ2n) is 4.24.